The number of benzene rings is 1. The number of hydrogen-bond donors (Lipinski definition) is 1. The molecule has 158 valence electrons. The lowest BCUT2D eigenvalue weighted by Crippen LogP contribution is -2.43. The molecular formula is C19H18F3N5O2S. The number of carbonyl (C=O) groups is 1. The third kappa shape index (κ3) is 4.02. The van der Waals surface area contributed by atoms with Crippen LogP contribution in [0.15, 0.2) is 35.1 Å². The molecule has 1 N–H and O–H groups in total. The van der Waals surface area contributed by atoms with Crippen molar-refractivity contribution in [1.29, 1.82) is 0 Å². The van der Waals surface area contributed by atoms with Crippen LogP contribution in [0.4, 0.5) is 18.3 Å². The van der Waals surface area contributed by atoms with Crippen molar-refractivity contribution in [3.63, 3.8) is 0 Å². The van der Waals surface area contributed by atoms with E-state index in [-0.39, 0.29) is 18.0 Å². The smallest absolute Gasteiger partial charge is 0.350 e. The van der Waals surface area contributed by atoms with Crippen LogP contribution in [-0.4, -0.2) is 33.1 Å². The van der Waals surface area contributed by atoms with Gasteiger partial charge in [-0.1, -0.05) is 23.5 Å². The van der Waals surface area contributed by atoms with Gasteiger partial charge in [0.15, 0.2) is 0 Å². The van der Waals surface area contributed by atoms with E-state index < -0.39 is 17.8 Å². The van der Waals surface area contributed by atoms with Crippen molar-refractivity contribution < 1.29 is 18.0 Å². The molecule has 1 saturated heterocycles. The number of alkyl halides is 3. The molecule has 0 aliphatic carbocycles. The minimum absolute atomic E-state index is 0.126. The number of fused-ring (bicyclic) bond motifs is 1. The Hall–Kier alpha value is -2.95. The van der Waals surface area contributed by atoms with E-state index in [1.807, 2.05) is 4.90 Å². The van der Waals surface area contributed by atoms with Gasteiger partial charge in [0.05, 0.1) is 5.56 Å². The van der Waals surface area contributed by atoms with Crippen LogP contribution in [0.5, 0.6) is 0 Å². The lowest BCUT2D eigenvalue weighted by molar-refractivity contribution is -0.137. The summed E-state index contributed by atoms with van der Waals surface area (Å²) < 4.78 is 39.2. The van der Waals surface area contributed by atoms with Gasteiger partial charge in [-0.25, -0.2) is 4.98 Å². The van der Waals surface area contributed by atoms with Gasteiger partial charge in [-0.05, 0) is 37.5 Å². The second kappa shape index (κ2) is 7.71. The Morgan fingerprint density at radius 2 is 2.03 bits per heavy atom. The summed E-state index contributed by atoms with van der Waals surface area (Å²) in [6.07, 6.45) is -2.98. The van der Waals surface area contributed by atoms with Crippen LogP contribution in [0.3, 0.4) is 0 Å². The van der Waals surface area contributed by atoms with Gasteiger partial charge in [-0.15, -0.1) is 5.10 Å². The van der Waals surface area contributed by atoms with E-state index in [2.05, 4.69) is 15.4 Å². The Labute approximate surface area is 173 Å². The number of halogens is 3. The highest BCUT2D eigenvalue weighted by atomic mass is 32.1. The first-order chi connectivity index (χ1) is 14.2. The topological polar surface area (TPSA) is 79.6 Å². The molecule has 0 spiro atoms. The van der Waals surface area contributed by atoms with Crippen LogP contribution in [0.2, 0.25) is 0 Å². The van der Waals surface area contributed by atoms with Gasteiger partial charge < -0.3 is 10.2 Å². The van der Waals surface area contributed by atoms with Crippen LogP contribution in [-0.2, 0) is 17.5 Å². The van der Waals surface area contributed by atoms with Crippen molar-refractivity contribution in [3.8, 4) is 0 Å². The average molecular weight is 437 g/mol. The summed E-state index contributed by atoms with van der Waals surface area (Å²) in [5, 5.41) is 7.64. The van der Waals surface area contributed by atoms with Crippen molar-refractivity contribution in [3.05, 3.63) is 57.5 Å². The van der Waals surface area contributed by atoms with Gasteiger partial charge in [-0.3, -0.25) is 9.59 Å². The summed E-state index contributed by atoms with van der Waals surface area (Å²) in [6, 6.07) is 5.63. The summed E-state index contributed by atoms with van der Waals surface area (Å²) in [7, 11) is 0. The number of hydrogen-bond acceptors (Lipinski definition) is 6. The Balaban J connectivity index is 1.46. The van der Waals surface area contributed by atoms with Gasteiger partial charge in [0.25, 0.3) is 5.56 Å². The molecule has 2 aromatic heterocycles. The summed E-state index contributed by atoms with van der Waals surface area (Å²) in [6.45, 7) is 2.47. The third-order valence-electron chi connectivity index (χ3n) is 4.91. The Morgan fingerprint density at radius 3 is 2.73 bits per heavy atom. The van der Waals surface area contributed by atoms with Crippen molar-refractivity contribution in [1.82, 2.24) is 19.9 Å². The number of carbonyl (C=O) groups excluding carboxylic acids is 1. The Kier molecular flexibility index (Phi) is 5.22. The highest BCUT2D eigenvalue weighted by Crippen LogP contribution is 2.30. The SMILES string of the molecule is Cc1cc(=O)n2nc(N3CCCC3C(=O)NCc3ccc(C(F)(F)F)cc3)sc2n1. The average Bonchev–Trinajstić information content (AvgIpc) is 3.32. The molecular weight excluding hydrogens is 419 g/mol. The van der Waals surface area contributed by atoms with Crippen LogP contribution in [0.25, 0.3) is 4.96 Å². The van der Waals surface area contributed by atoms with E-state index >= 15 is 0 Å². The zero-order valence-electron chi connectivity index (χ0n) is 15.9. The molecule has 3 heterocycles. The summed E-state index contributed by atoms with van der Waals surface area (Å²) in [4.78, 5) is 31.4. The van der Waals surface area contributed by atoms with Crippen LogP contribution >= 0.6 is 11.3 Å². The fourth-order valence-electron chi connectivity index (χ4n) is 3.41. The number of aromatic nitrogens is 3. The summed E-state index contributed by atoms with van der Waals surface area (Å²) >= 11 is 1.24. The van der Waals surface area contributed by atoms with Crippen molar-refractivity contribution in [2.45, 2.75) is 38.5 Å². The molecule has 1 atom stereocenters. The number of nitrogens with zero attached hydrogens (tertiary/aromatic N) is 4. The first-order valence-corrected chi connectivity index (χ1v) is 10.1. The van der Waals surface area contributed by atoms with E-state index in [0.717, 1.165) is 18.6 Å². The zero-order chi connectivity index (χ0) is 21.5. The summed E-state index contributed by atoms with van der Waals surface area (Å²) in [5.74, 6) is -0.233. The highest BCUT2D eigenvalue weighted by molar-refractivity contribution is 7.20. The quantitative estimate of drug-likeness (QED) is 0.679. The minimum Gasteiger partial charge on any atom is -0.350 e. The third-order valence-corrected chi connectivity index (χ3v) is 5.86. The standard InChI is InChI=1S/C19H18F3N5O2S/c1-11-9-15(28)27-17(24-11)30-18(25-27)26-8-2-3-14(26)16(29)23-10-12-4-6-13(7-5-12)19(20,21)22/h4-7,9,14H,2-3,8,10H2,1H3,(H,23,29). The van der Waals surface area contributed by atoms with E-state index in [9.17, 15) is 22.8 Å². The van der Waals surface area contributed by atoms with E-state index in [4.69, 9.17) is 0 Å². The first-order valence-electron chi connectivity index (χ1n) is 9.30. The van der Waals surface area contributed by atoms with Crippen molar-refractivity contribution in [2.75, 3.05) is 11.4 Å². The van der Waals surface area contributed by atoms with E-state index in [0.29, 0.717) is 34.3 Å². The predicted octanol–water partition coefficient (Wildman–Crippen LogP) is 2.76. The largest absolute Gasteiger partial charge is 0.416 e. The molecule has 1 aliphatic rings. The molecule has 0 saturated carbocycles. The molecule has 3 aromatic rings. The van der Waals surface area contributed by atoms with Crippen molar-refractivity contribution in [2.24, 2.45) is 0 Å². The molecule has 1 fully saturated rings. The minimum atomic E-state index is -4.39. The summed E-state index contributed by atoms with van der Waals surface area (Å²) in [5.41, 5.74) is 0.173. The molecule has 1 unspecified atom stereocenters. The lowest BCUT2D eigenvalue weighted by Gasteiger charge is -2.22. The van der Waals surface area contributed by atoms with Gasteiger partial charge in [-0.2, -0.15) is 17.7 Å². The molecule has 1 aromatic carbocycles. The maximum absolute atomic E-state index is 12.7. The van der Waals surface area contributed by atoms with Crippen LogP contribution < -0.4 is 15.8 Å². The molecule has 11 heteroatoms. The number of nitrogens with one attached hydrogen (secondary N) is 1. The monoisotopic (exact) mass is 437 g/mol. The molecule has 30 heavy (non-hydrogen) atoms. The first kappa shape index (κ1) is 20.3. The van der Waals surface area contributed by atoms with Crippen molar-refractivity contribution >= 4 is 27.3 Å². The maximum Gasteiger partial charge on any atom is 0.416 e. The number of aryl methyl sites for hydroxylation is 1. The molecule has 0 bridgehead atoms. The van der Waals surface area contributed by atoms with E-state index in [1.54, 1.807) is 6.92 Å². The lowest BCUT2D eigenvalue weighted by atomic mass is 10.1. The van der Waals surface area contributed by atoms with E-state index in [1.165, 1.54) is 34.1 Å². The number of anilines is 1. The molecule has 7 nitrogen and oxygen atoms in total. The maximum atomic E-state index is 12.7. The van der Waals surface area contributed by atoms with Crippen LogP contribution in [0, 0.1) is 6.92 Å². The highest BCUT2D eigenvalue weighted by Gasteiger charge is 2.33. The predicted molar refractivity (Wildman–Crippen MR) is 106 cm³/mol. The molecule has 1 aliphatic heterocycles. The number of amides is 1. The number of rotatable bonds is 4. The van der Waals surface area contributed by atoms with Crippen LogP contribution in [0.1, 0.15) is 29.7 Å². The second-order valence-corrected chi connectivity index (χ2v) is 8.01. The molecule has 4 rings (SSSR count). The molecule has 0 radical (unpaired) electrons. The Morgan fingerprint density at radius 1 is 1.30 bits per heavy atom. The fourth-order valence-corrected chi connectivity index (χ4v) is 4.44. The van der Waals surface area contributed by atoms with Gasteiger partial charge >= 0.3 is 6.18 Å². The van der Waals surface area contributed by atoms with Gasteiger partial charge in [0.1, 0.15) is 6.04 Å². The fraction of sp³-hybridized carbons (Fsp3) is 0.368. The second-order valence-electron chi connectivity index (χ2n) is 7.08. The molecule has 1 amide bonds. The zero-order valence-corrected chi connectivity index (χ0v) is 16.8. The normalized spacial score (nSPS) is 16.9. The Bertz CT molecular complexity index is 1140. The van der Waals surface area contributed by atoms with Gasteiger partial charge in [0.2, 0.25) is 16.0 Å². The van der Waals surface area contributed by atoms with Gasteiger partial charge in [0, 0.05) is 24.8 Å².